The number of hydrogen-bond donors (Lipinski definition) is 0. The van der Waals surface area contributed by atoms with Crippen LogP contribution in [0.1, 0.15) is 22.6 Å². The molecule has 1 heteroatoms. The second-order valence-electron chi connectivity index (χ2n) is 11.1. The van der Waals surface area contributed by atoms with E-state index >= 15 is 0 Å². The highest BCUT2D eigenvalue weighted by Gasteiger charge is 2.34. The van der Waals surface area contributed by atoms with Gasteiger partial charge in [0.25, 0.3) is 0 Å². The van der Waals surface area contributed by atoms with Gasteiger partial charge in [0, 0.05) is 0 Å². The van der Waals surface area contributed by atoms with E-state index in [1.54, 1.807) is 6.08 Å². The lowest BCUT2D eigenvalue weighted by molar-refractivity contribution is -0.115. The molecule has 1 nitrogen and oxygen atoms in total. The first-order valence-corrected chi connectivity index (χ1v) is 14.2. The van der Waals surface area contributed by atoms with Crippen LogP contribution in [0.3, 0.4) is 0 Å². The van der Waals surface area contributed by atoms with Gasteiger partial charge in [-0.2, -0.15) is 0 Å². The Labute approximate surface area is 237 Å². The lowest BCUT2D eigenvalue weighted by Gasteiger charge is -2.30. The molecule has 0 saturated heterocycles. The van der Waals surface area contributed by atoms with Crippen LogP contribution in [0.25, 0.3) is 71.1 Å². The van der Waals surface area contributed by atoms with Crippen molar-refractivity contribution in [3.63, 3.8) is 0 Å². The molecule has 0 heterocycles. The molecule has 8 aromatic rings. The Balaban J connectivity index is 0.000000117. The van der Waals surface area contributed by atoms with Crippen molar-refractivity contribution in [2.75, 3.05) is 0 Å². The van der Waals surface area contributed by atoms with E-state index in [1.807, 2.05) is 6.08 Å². The van der Waals surface area contributed by atoms with E-state index in [0.717, 1.165) is 5.56 Å². The molecule has 0 N–H and O–H groups in total. The van der Waals surface area contributed by atoms with Crippen molar-refractivity contribution in [3.8, 4) is 11.1 Å². The molecule has 0 aliphatic heterocycles. The van der Waals surface area contributed by atoms with E-state index < -0.39 is 0 Å². The predicted octanol–water partition coefficient (Wildman–Crippen LogP) is 10.3. The minimum absolute atomic E-state index is 0.139. The van der Waals surface area contributed by atoms with Gasteiger partial charge in [-0.3, -0.25) is 4.79 Å². The smallest absolute Gasteiger partial charge is 0.167 e. The average molecular weight is 521 g/mol. The molecule has 0 radical (unpaired) electrons. The molecule has 0 aromatic heterocycles. The molecule has 1 unspecified atom stereocenters. The van der Waals surface area contributed by atoms with Gasteiger partial charge in [0.1, 0.15) is 0 Å². The number of carbonyl (C=O) groups excluding carboxylic acids is 1. The standard InChI is InChI=1S/C20H12O.C20H12/c21-17-11-10-13-6-2-8-15-14-7-1-4-12-5-3-9-16(18(12)14)20(17)19(13)15;1-5-13-6-2-11-17-18-12-4-8-14-7-3-10-16(20(14)18)15(9-1)19(13)17/h1-11,20H;1-12H. The van der Waals surface area contributed by atoms with Gasteiger partial charge < -0.3 is 0 Å². The van der Waals surface area contributed by atoms with E-state index in [1.165, 1.54) is 76.1 Å². The second-order valence-corrected chi connectivity index (χ2v) is 11.1. The Hall–Kier alpha value is -5.27. The van der Waals surface area contributed by atoms with Crippen molar-refractivity contribution in [1.29, 1.82) is 0 Å². The summed E-state index contributed by atoms with van der Waals surface area (Å²) in [6.45, 7) is 0. The lowest BCUT2D eigenvalue weighted by Crippen LogP contribution is -2.20. The summed E-state index contributed by atoms with van der Waals surface area (Å²) in [6.07, 6.45) is 3.68. The first kappa shape index (κ1) is 22.5. The fourth-order valence-electron chi connectivity index (χ4n) is 7.42. The van der Waals surface area contributed by atoms with Crippen LogP contribution in [-0.2, 0) is 4.79 Å². The van der Waals surface area contributed by atoms with Crippen LogP contribution < -0.4 is 0 Å². The zero-order valence-electron chi connectivity index (χ0n) is 22.3. The number of fused-ring (bicyclic) bond motifs is 4. The predicted molar refractivity (Wildman–Crippen MR) is 173 cm³/mol. The number of carbonyl (C=O) groups is 1. The summed E-state index contributed by atoms with van der Waals surface area (Å²) >= 11 is 0. The Kier molecular flexibility index (Phi) is 4.60. The van der Waals surface area contributed by atoms with Crippen molar-refractivity contribution < 1.29 is 4.79 Å². The maximum absolute atomic E-state index is 12.5. The monoisotopic (exact) mass is 520 g/mol. The number of allylic oxidation sites excluding steroid dienone is 1. The average Bonchev–Trinajstić information content (AvgIpc) is 3.03. The summed E-state index contributed by atoms with van der Waals surface area (Å²) in [5.74, 6) is 0.0525. The van der Waals surface area contributed by atoms with E-state index in [0.29, 0.717) is 0 Å². The molecule has 10 rings (SSSR count). The molecular formula is C40H24O. The maximum atomic E-state index is 12.5. The summed E-state index contributed by atoms with van der Waals surface area (Å²) in [5.41, 5.74) is 5.95. The fraction of sp³-hybridized carbons (Fsp3) is 0.0250. The second kappa shape index (κ2) is 8.36. The van der Waals surface area contributed by atoms with Crippen molar-refractivity contribution >= 4 is 65.7 Å². The minimum atomic E-state index is -0.139. The van der Waals surface area contributed by atoms with Gasteiger partial charge in [0.15, 0.2) is 5.78 Å². The number of benzene rings is 8. The molecule has 41 heavy (non-hydrogen) atoms. The molecular weight excluding hydrogens is 496 g/mol. The van der Waals surface area contributed by atoms with Gasteiger partial charge in [0.2, 0.25) is 0 Å². The third kappa shape index (κ3) is 3.09. The van der Waals surface area contributed by atoms with Crippen LogP contribution in [0.5, 0.6) is 0 Å². The van der Waals surface area contributed by atoms with Crippen molar-refractivity contribution in [1.82, 2.24) is 0 Å². The molecule has 2 aliphatic rings. The first-order chi connectivity index (χ1) is 20.3. The molecule has 0 fully saturated rings. The highest BCUT2D eigenvalue weighted by molar-refractivity contribution is 6.32. The lowest BCUT2D eigenvalue weighted by atomic mass is 9.71. The van der Waals surface area contributed by atoms with Crippen molar-refractivity contribution in [2.45, 2.75) is 5.92 Å². The largest absolute Gasteiger partial charge is 0.294 e. The topological polar surface area (TPSA) is 17.1 Å². The highest BCUT2D eigenvalue weighted by Crippen LogP contribution is 2.48. The van der Waals surface area contributed by atoms with E-state index in [4.69, 9.17) is 0 Å². The normalized spacial score (nSPS) is 15.0. The van der Waals surface area contributed by atoms with Crippen molar-refractivity contribution in [3.05, 3.63) is 150 Å². The van der Waals surface area contributed by atoms with Crippen LogP contribution in [-0.4, -0.2) is 5.78 Å². The van der Waals surface area contributed by atoms with E-state index in [9.17, 15) is 4.79 Å². The van der Waals surface area contributed by atoms with Gasteiger partial charge >= 0.3 is 0 Å². The highest BCUT2D eigenvalue weighted by atomic mass is 16.1. The molecule has 1 atom stereocenters. The Bertz CT molecular complexity index is 2220. The quantitative estimate of drug-likeness (QED) is 0.144. The third-order valence-corrected chi connectivity index (χ3v) is 9.07. The first-order valence-electron chi connectivity index (χ1n) is 14.2. The van der Waals surface area contributed by atoms with Crippen molar-refractivity contribution in [2.24, 2.45) is 0 Å². The maximum Gasteiger partial charge on any atom is 0.167 e. The van der Waals surface area contributed by atoms with Crippen LogP contribution in [0.15, 0.2) is 133 Å². The van der Waals surface area contributed by atoms with Crippen LogP contribution >= 0.6 is 0 Å². The van der Waals surface area contributed by atoms with Gasteiger partial charge in [-0.15, -0.1) is 0 Å². The van der Waals surface area contributed by atoms with E-state index in [2.05, 4.69) is 127 Å². The number of ketones is 1. The summed E-state index contributed by atoms with van der Waals surface area (Å²) in [5, 5.41) is 13.3. The van der Waals surface area contributed by atoms with Gasteiger partial charge in [-0.25, -0.2) is 0 Å². The van der Waals surface area contributed by atoms with Gasteiger partial charge in [-0.1, -0.05) is 133 Å². The number of hydrogen-bond acceptors (Lipinski definition) is 1. The van der Waals surface area contributed by atoms with Gasteiger partial charge in [0.05, 0.1) is 5.92 Å². The van der Waals surface area contributed by atoms with Gasteiger partial charge in [-0.05, 0) is 87.8 Å². The molecule has 190 valence electrons. The summed E-state index contributed by atoms with van der Waals surface area (Å²) in [6, 6.07) is 45.4. The summed E-state index contributed by atoms with van der Waals surface area (Å²) in [4.78, 5) is 12.5. The molecule has 0 amide bonds. The zero-order chi connectivity index (χ0) is 27.1. The fourth-order valence-corrected chi connectivity index (χ4v) is 7.42. The zero-order valence-corrected chi connectivity index (χ0v) is 22.3. The Morgan fingerprint density at radius 3 is 1.46 bits per heavy atom. The summed E-state index contributed by atoms with van der Waals surface area (Å²) < 4.78 is 0. The third-order valence-electron chi connectivity index (χ3n) is 9.07. The Morgan fingerprint density at radius 1 is 0.415 bits per heavy atom. The molecule has 0 spiro atoms. The van der Waals surface area contributed by atoms with Crippen LogP contribution in [0.2, 0.25) is 0 Å². The molecule has 2 aliphatic carbocycles. The van der Waals surface area contributed by atoms with Crippen LogP contribution in [0.4, 0.5) is 0 Å². The summed E-state index contributed by atoms with van der Waals surface area (Å²) in [7, 11) is 0. The molecule has 0 saturated carbocycles. The Morgan fingerprint density at radius 2 is 0.878 bits per heavy atom. The van der Waals surface area contributed by atoms with Crippen LogP contribution in [0, 0.1) is 0 Å². The molecule has 0 bridgehead atoms. The minimum Gasteiger partial charge on any atom is -0.294 e. The number of rotatable bonds is 0. The van der Waals surface area contributed by atoms with E-state index in [-0.39, 0.29) is 11.7 Å². The SMILES string of the molecule is O=C1C=Cc2cccc3c2C1c1cccc2cccc-3c12.c1cc2cccc3c4cccc5cccc(c(c1)c23)c54. The molecule has 8 aromatic carbocycles.